The summed E-state index contributed by atoms with van der Waals surface area (Å²) in [5.74, 6) is -4.25. The highest BCUT2D eigenvalue weighted by Gasteiger charge is 2.39. The van der Waals surface area contributed by atoms with Crippen molar-refractivity contribution in [3.8, 4) is 23.0 Å². The minimum absolute atomic E-state index is 0.0455. The molecule has 13 heteroatoms. The van der Waals surface area contributed by atoms with Gasteiger partial charge in [-0.2, -0.15) is 0 Å². The van der Waals surface area contributed by atoms with E-state index in [2.05, 4.69) is 10.6 Å². The lowest BCUT2D eigenvalue weighted by atomic mass is 9.80. The first kappa shape index (κ1) is 35.2. The lowest BCUT2D eigenvalue weighted by molar-refractivity contribution is -0.142. The summed E-state index contributed by atoms with van der Waals surface area (Å²) < 4.78 is 17.6. The van der Waals surface area contributed by atoms with E-state index in [9.17, 15) is 39.3 Å². The predicted octanol–water partition coefficient (Wildman–Crippen LogP) is 6.05. The number of carboxylic acid groups (broad SMARTS) is 2. The molecule has 5 N–H and O–H groups in total. The standard InChI is InChI=1S/C41H40N2O11/c1-15-10-21-27-32-28(37(43-20-9-7-18(12-20)41(50)51)36(21)42-19-8-6-17(11-19)40(48)49)22(45)13-24(52-3)30(32)31-25(53-4)14-23(46)29-34(31)33(27)35(26(15)16(2)44)39(54-5)38(29)47/h10,13-14,17-20,26,42-43,47H,6-9,11-12H2,1-5H3,(H,48,49)(H,50,51). The van der Waals surface area contributed by atoms with Crippen molar-refractivity contribution < 1.29 is 43.9 Å². The Balaban J connectivity index is 1.64. The molecule has 13 nitrogen and oxygen atoms in total. The molecule has 3 aliphatic rings. The largest absolute Gasteiger partial charge is 0.504 e. The van der Waals surface area contributed by atoms with Crippen molar-refractivity contribution in [2.45, 2.75) is 70.4 Å². The molecule has 5 aromatic rings. The van der Waals surface area contributed by atoms with E-state index in [0.29, 0.717) is 98.9 Å². The Bertz CT molecular complexity index is 2620. The van der Waals surface area contributed by atoms with Crippen LogP contribution in [0.25, 0.3) is 49.2 Å². The monoisotopic (exact) mass is 736 g/mol. The van der Waals surface area contributed by atoms with Crippen LogP contribution in [0.5, 0.6) is 23.0 Å². The second kappa shape index (κ2) is 12.6. The SMILES string of the molecule is COc1c(O)c2c(=O)cc(OC)c3c4c(OC)cc(=O)c5c(NC6CCC(C(=O)O)C6)c(NC6CCC(C(=O)O)C6)c6c(c(c1C(C(C)=O)C(C)=C6)c23)c54. The summed E-state index contributed by atoms with van der Waals surface area (Å²) in [6, 6.07) is 2.01. The molecule has 0 spiro atoms. The zero-order valence-corrected chi connectivity index (χ0v) is 30.5. The second-order valence-corrected chi connectivity index (χ2v) is 14.9. The van der Waals surface area contributed by atoms with Crippen LogP contribution in [0.15, 0.2) is 27.3 Å². The molecule has 5 aromatic carbocycles. The average molecular weight is 737 g/mol. The van der Waals surface area contributed by atoms with Crippen LogP contribution in [0, 0.1) is 11.8 Å². The molecular weight excluding hydrogens is 696 g/mol. The van der Waals surface area contributed by atoms with E-state index in [1.807, 2.05) is 6.08 Å². The third-order valence-electron chi connectivity index (χ3n) is 11.9. The van der Waals surface area contributed by atoms with Gasteiger partial charge in [0.2, 0.25) is 0 Å². The number of nitrogens with one attached hydrogen (secondary N) is 2. The summed E-state index contributed by atoms with van der Waals surface area (Å²) in [5, 5.41) is 41.6. The number of ether oxygens (including phenoxy) is 3. The third kappa shape index (κ3) is 4.93. The number of hydrogen-bond acceptors (Lipinski definition) is 11. The van der Waals surface area contributed by atoms with Gasteiger partial charge in [-0.3, -0.25) is 24.0 Å². The molecular formula is C41H40N2O11. The molecule has 0 heterocycles. The number of benzene rings is 5. The van der Waals surface area contributed by atoms with Gasteiger partial charge in [-0.15, -0.1) is 0 Å². The maximum absolute atomic E-state index is 14.6. The number of methoxy groups -OCH3 is 3. The maximum atomic E-state index is 14.6. The van der Waals surface area contributed by atoms with Gasteiger partial charge < -0.3 is 40.2 Å². The van der Waals surface area contributed by atoms with Gasteiger partial charge in [-0.25, -0.2) is 0 Å². The molecule has 2 fully saturated rings. The van der Waals surface area contributed by atoms with Crippen molar-refractivity contribution in [1.82, 2.24) is 0 Å². The van der Waals surface area contributed by atoms with Gasteiger partial charge in [0.25, 0.3) is 0 Å². The molecule has 0 radical (unpaired) electrons. The fourth-order valence-corrected chi connectivity index (χ4v) is 9.66. The van der Waals surface area contributed by atoms with Crippen LogP contribution in [0.3, 0.4) is 0 Å². The van der Waals surface area contributed by atoms with Crippen molar-refractivity contribution in [3.63, 3.8) is 0 Å². The Morgan fingerprint density at radius 1 is 0.685 bits per heavy atom. The number of allylic oxidation sites excluding steroid dienone is 1. The van der Waals surface area contributed by atoms with Gasteiger partial charge in [0.05, 0.1) is 61.2 Å². The maximum Gasteiger partial charge on any atom is 0.306 e. The van der Waals surface area contributed by atoms with Crippen LogP contribution < -0.4 is 35.7 Å². The Morgan fingerprint density at radius 2 is 1.20 bits per heavy atom. The van der Waals surface area contributed by atoms with Crippen molar-refractivity contribution in [2.24, 2.45) is 11.8 Å². The summed E-state index contributed by atoms with van der Waals surface area (Å²) in [4.78, 5) is 66.5. The molecule has 0 aliphatic heterocycles. The fourth-order valence-electron chi connectivity index (χ4n) is 9.66. The van der Waals surface area contributed by atoms with Crippen LogP contribution >= 0.6 is 0 Å². The number of carbonyl (C=O) groups is 3. The van der Waals surface area contributed by atoms with Crippen molar-refractivity contribution >= 4 is 78.3 Å². The molecule has 2 saturated carbocycles. The molecule has 54 heavy (non-hydrogen) atoms. The van der Waals surface area contributed by atoms with Crippen LogP contribution in [-0.4, -0.2) is 66.5 Å². The summed E-state index contributed by atoms with van der Waals surface area (Å²) >= 11 is 0. The van der Waals surface area contributed by atoms with E-state index in [0.717, 1.165) is 0 Å². The zero-order valence-electron chi connectivity index (χ0n) is 30.5. The van der Waals surface area contributed by atoms with Crippen LogP contribution in [0.1, 0.15) is 69.4 Å². The lowest BCUT2D eigenvalue weighted by Gasteiger charge is -2.28. The third-order valence-corrected chi connectivity index (χ3v) is 11.9. The van der Waals surface area contributed by atoms with Gasteiger partial charge in [0.15, 0.2) is 22.4 Å². The highest BCUT2D eigenvalue weighted by molar-refractivity contribution is 6.40. The Morgan fingerprint density at radius 3 is 1.69 bits per heavy atom. The lowest BCUT2D eigenvalue weighted by Crippen LogP contribution is -2.24. The summed E-state index contributed by atoms with van der Waals surface area (Å²) in [6.45, 7) is 3.24. The first-order valence-electron chi connectivity index (χ1n) is 18.0. The van der Waals surface area contributed by atoms with E-state index < -0.39 is 46.3 Å². The van der Waals surface area contributed by atoms with Gasteiger partial charge in [0.1, 0.15) is 17.3 Å². The van der Waals surface area contributed by atoms with E-state index in [1.165, 1.54) is 40.4 Å². The highest BCUT2D eigenvalue weighted by atomic mass is 16.5. The minimum Gasteiger partial charge on any atom is -0.504 e. The number of hydrogen-bond donors (Lipinski definition) is 5. The number of aromatic hydroxyl groups is 1. The number of anilines is 2. The topological polar surface area (TPSA) is 198 Å². The molecule has 0 amide bonds. The average Bonchev–Trinajstić information content (AvgIpc) is 3.78. The normalized spacial score (nSPS) is 22.2. The molecule has 8 rings (SSSR count). The van der Waals surface area contributed by atoms with Crippen molar-refractivity contribution in [2.75, 3.05) is 32.0 Å². The summed E-state index contributed by atoms with van der Waals surface area (Å²) in [6.07, 6.45) is 4.47. The number of rotatable bonds is 10. The fraction of sp³-hybridized carbons (Fsp3) is 0.390. The van der Waals surface area contributed by atoms with Crippen LogP contribution in [-0.2, 0) is 14.4 Å². The quantitative estimate of drug-likeness (QED) is 0.0822. The Kier molecular flexibility index (Phi) is 8.23. The van der Waals surface area contributed by atoms with Gasteiger partial charge in [-0.1, -0.05) is 11.6 Å². The van der Waals surface area contributed by atoms with E-state index in [-0.39, 0.29) is 45.9 Å². The molecule has 0 saturated heterocycles. The summed E-state index contributed by atoms with van der Waals surface area (Å²) in [7, 11) is 4.21. The van der Waals surface area contributed by atoms with Crippen molar-refractivity contribution in [3.05, 3.63) is 49.3 Å². The molecule has 0 aromatic heterocycles. The predicted molar refractivity (Wildman–Crippen MR) is 205 cm³/mol. The molecule has 280 valence electrons. The zero-order chi connectivity index (χ0) is 38.5. The summed E-state index contributed by atoms with van der Waals surface area (Å²) in [5.41, 5.74) is 1.46. The smallest absolute Gasteiger partial charge is 0.306 e. The van der Waals surface area contributed by atoms with Crippen molar-refractivity contribution in [1.29, 1.82) is 0 Å². The number of fused-ring (bicyclic) bond motifs is 1. The van der Waals surface area contributed by atoms with E-state index in [1.54, 1.807) is 6.92 Å². The molecule has 5 unspecified atom stereocenters. The minimum atomic E-state index is -0.945. The highest BCUT2D eigenvalue weighted by Crippen LogP contribution is 2.58. The molecule has 3 aliphatic carbocycles. The van der Waals surface area contributed by atoms with Gasteiger partial charge in [-0.05, 0) is 57.8 Å². The number of phenolic OH excluding ortho intramolecular Hbond substituents is 1. The number of carboxylic acids is 2. The number of aliphatic carboxylic acids is 2. The molecule has 0 bridgehead atoms. The number of ketones is 1. The van der Waals surface area contributed by atoms with E-state index in [4.69, 9.17) is 14.2 Å². The first-order chi connectivity index (χ1) is 25.8. The number of carbonyl (C=O) groups excluding carboxylic acids is 1. The molecule has 5 atom stereocenters. The second-order valence-electron chi connectivity index (χ2n) is 14.9. The van der Waals surface area contributed by atoms with Crippen LogP contribution in [0.2, 0.25) is 0 Å². The number of Topliss-reactive ketones (excluding diaryl/α,β-unsaturated/α-hetero) is 1. The van der Waals surface area contributed by atoms with Gasteiger partial charge >= 0.3 is 11.9 Å². The number of phenols is 1. The van der Waals surface area contributed by atoms with Crippen LogP contribution in [0.4, 0.5) is 11.4 Å². The Labute approximate surface area is 308 Å². The van der Waals surface area contributed by atoms with Gasteiger partial charge in [0, 0.05) is 62.3 Å². The first-order valence-corrected chi connectivity index (χ1v) is 18.0. The van der Waals surface area contributed by atoms with E-state index >= 15 is 0 Å². The Hall–Kier alpha value is -5.85.